The molecule has 12 rings (SSSR count). The van der Waals surface area contributed by atoms with E-state index in [1.165, 1.54) is 34.0 Å². The number of aromatic nitrogens is 10. The number of para-hydroxylation sites is 1. The minimum atomic E-state index is 0.281. The Balaban J connectivity index is 0.000000153. The number of hydrogen-bond acceptors (Lipinski definition) is 21. The molecule has 23 heteroatoms. The molecule has 0 radical (unpaired) electrons. The summed E-state index contributed by atoms with van der Waals surface area (Å²) in [5.74, 6) is 4.50. The molecule has 0 unspecified atom stereocenters. The molecule has 19 nitrogen and oxygen atoms in total. The van der Waals surface area contributed by atoms with Gasteiger partial charge < -0.3 is 42.0 Å². The SMILES string of the molecule is COc1cc(OCc2csc(-c3ccccc3OC)n2)c2cc(-c3cn4nc(OC)sc4n3)oc2c1.COc1cc(OCc2csc(-c3cnccn3)n2)c2cc(-c3cn4nc(OC)sc4n3)oc2c1. The molecule has 9 heterocycles. The van der Waals surface area contributed by atoms with Gasteiger partial charge >= 0.3 is 0 Å². The average Bonchev–Trinajstić information content (AvgIpc) is 4.26. The fourth-order valence-electron chi connectivity index (χ4n) is 7.18. The second-order valence-corrected chi connectivity index (χ2v) is 18.4. The lowest BCUT2D eigenvalue weighted by atomic mass is 10.2. The molecule has 70 heavy (non-hydrogen) atoms. The number of furan rings is 2. The van der Waals surface area contributed by atoms with E-state index in [9.17, 15) is 0 Å². The monoisotopic (exact) mass is 1010 g/mol. The fraction of sp³-hybridized carbons (Fsp3) is 0.149. The van der Waals surface area contributed by atoms with Gasteiger partial charge in [0.15, 0.2) is 11.5 Å². The first-order chi connectivity index (χ1) is 34.3. The quantitative estimate of drug-likeness (QED) is 0.0937. The smallest absolute Gasteiger partial charge is 0.294 e. The van der Waals surface area contributed by atoms with Crippen molar-refractivity contribution in [1.29, 1.82) is 0 Å². The van der Waals surface area contributed by atoms with Crippen molar-refractivity contribution in [2.45, 2.75) is 13.2 Å². The second-order valence-electron chi connectivity index (χ2n) is 14.8. The number of ether oxygens (including phenoxy) is 7. The Morgan fingerprint density at radius 3 is 1.63 bits per heavy atom. The maximum absolute atomic E-state index is 6.20. The number of rotatable bonds is 15. The van der Waals surface area contributed by atoms with Crippen molar-refractivity contribution in [2.75, 3.05) is 35.5 Å². The van der Waals surface area contributed by atoms with Gasteiger partial charge in [0.1, 0.15) is 80.2 Å². The summed E-state index contributed by atoms with van der Waals surface area (Å²) in [6.07, 6.45) is 8.57. The van der Waals surface area contributed by atoms with Gasteiger partial charge in [-0.2, -0.15) is 0 Å². The van der Waals surface area contributed by atoms with E-state index in [0.717, 1.165) is 49.2 Å². The van der Waals surface area contributed by atoms with Gasteiger partial charge in [0.2, 0.25) is 9.92 Å². The largest absolute Gasteiger partial charge is 0.496 e. The lowest BCUT2D eigenvalue weighted by Crippen LogP contribution is -1.97. The van der Waals surface area contributed by atoms with E-state index in [1.54, 1.807) is 86.9 Å². The zero-order valence-corrected chi connectivity index (χ0v) is 40.8. The number of methoxy groups -OCH3 is 5. The Hall–Kier alpha value is -8.12. The van der Waals surface area contributed by atoms with Crippen LogP contribution >= 0.6 is 45.3 Å². The molecule has 352 valence electrons. The molecule has 0 aliphatic heterocycles. The summed E-state index contributed by atoms with van der Waals surface area (Å²) in [4.78, 5) is 28.4. The number of benzene rings is 3. The molecule has 0 saturated carbocycles. The van der Waals surface area contributed by atoms with Gasteiger partial charge in [-0.3, -0.25) is 9.97 Å². The second kappa shape index (κ2) is 19.1. The van der Waals surface area contributed by atoms with Crippen molar-refractivity contribution in [3.63, 3.8) is 0 Å². The van der Waals surface area contributed by atoms with Crippen LogP contribution in [0.1, 0.15) is 11.4 Å². The lowest BCUT2D eigenvalue weighted by molar-refractivity contribution is 0.303. The Morgan fingerprint density at radius 2 is 1.11 bits per heavy atom. The van der Waals surface area contributed by atoms with Crippen LogP contribution in [0, 0.1) is 0 Å². The first-order valence-corrected chi connectivity index (χ1v) is 24.3. The summed E-state index contributed by atoms with van der Waals surface area (Å²) in [6, 6.07) is 19.0. The Labute approximate surface area is 412 Å². The first-order valence-electron chi connectivity index (χ1n) is 20.9. The Kier molecular flexibility index (Phi) is 12.1. The van der Waals surface area contributed by atoms with Crippen LogP contribution in [0.25, 0.3) is 76.0 Å². The summed E-state index contributed by atoms with van der Waals surface area (Å²) < 4.78 is 54.6. The van der Waals surface area contributed by atoms with Gasteiger partial charge in [0, 0.05) is 47.4 Å². The van der Waals surface area contributed by atoms with Gasteiger partial charge in [0.25, 0.3) is 10.4 Å². The van der Waals surface area contributed by atoms with E-state index in [2.05, 4.69) is 35.1 Å². The van der Waals surface area contributed by atoms with E-state index in [4.69, 9.17) is 47.0 Å². The highest BCUT2D eigenvalue weighted by atomic mass is 32.1. The maximum Gasteiger partial charge on any atom is 0.294 e. The van der Waals surface area contributed by atoms with Gasteiger partial charge in [0.05, 0.1) is 81.9 Å². The first kappa shape index (κ1) is 44.4. The summed E-state index contributed by atoms with van der Waals surface area (Å²) in [7, 11) is 8.03. The van der Waals surface area contributed by atoms with Crippen LogP contribution in [0.3, 0.4) is 0 Å². The normalized spacial score (nSPS) is 11.3. The number of imidazole rings is 2. The minimum Gasteiger partial charge on any atom is -0.496 e. The molecule has 3 aromatic carbocycles. The molecule has 0 bridgehead atoms. The van der Waals surface area contributed by atoms with Gasteiger partial charge in [-0.1, -0.05) is 12.1 Å². The van der Waals surface area contributed by atoms with E-state index in [1.807, 2.05) is 71.4 Å². The van der Waals surface area contributed by atoms with Crippen molar-refractivity contribution in [2.24, 2.45) is 0 Å². The molecule has 0 aliphatic carbocycles. The van der Waals surface area contributed by atoms with Crippen LogP contribution in [0.15, 0.2) is 111 Å². The highest BCUT2D eigenvalue weighted by Gasteiger charge is 2.20. The number of hydrogen-bond donors (Lipinski definition) is 0. The standard InChI is InChI=1S/C25H20N4O5S2.C22H16N6O4S2/c1-30-15-8-20(33-12-14-13-35-23(26-14)16-6-4-5-7-19(16)31-2)17-10-22(34-21(17)9-15)18-11-29-24(27-18)36-25(28-29)32-3;1-29-13-5-17(31-10-12-11-33-20(25-12)15-8-23-3-4-24-15)14-7-19(32-18(14)6-13)16-9-28-21(26-16)34-22(27-28)30-2/h4-11,13H,12H2,1-3H3;3-9,11H,10H2,1-2H3. The third-order valence-electron chi connectivity index (χ3n) is 10.5. The molecular formula is C47H36N10O9S4. The molecule has 12 aromatic rings. The zero-order valence-electron chi connectivity index (χ0n) is 37.5. The van der Waals surface area contributed by atoms with Crippen LogP contribution in [0.5, 0.6) is 39.1 Å². The molecular weight excluding hydrogens is 977 g/mol. The molecule has 0 N–H and O–H groups in total. The molecule has 0 amide bonds. The van der Waals surface area contributed by atoms with Crippen LogP contribution < -0.4 is 33.2 Å². The summed E-state index contributed by atoms with van der Waals surface area (Å²) >= 11 is 5.75. The van der Waals surface area contributed by atoms with Crippen LogP contribution in [-0.2, 0) is 13.2 Å². The predicted octanol–water partition coefficient (Wildman–Crippen LogP) is 10.6. The van der Waals surface area contributed by atoms with Crippen molar-refractivity contribution in [1.82, 2.24) is 49.1 Å². The van der Waals surface area contributed by atoms with Crippen LogP contribution in [0.4, 0.5) is 0 Å². The van der Waals surface area contributed by atoms with Crippen LogP contribution in [0.2, 0.25) is 0 Å². The minimum absolute atomic E-state index is 0.281. The van der Waals surface area contributed by atoms with Crippen molar-refractivity contribution >= 4 is 77.2 Å². The van der Waals surface area contributed by atoms with E-state index >= 15 is 0 Å². The summed E-state index contributed by atoms with van der Waals surface area (Å²) in [5, 5.41) is 16.9. The van der Waals surface area contributed by atoms with Gasteiger partial charge in [-0.15, -0.1) is 32.9 Å². The summed E-state index contributed by atoms with van der Waals surface area (Å²) in [6.45, 7) is 0.571. The van der Waals surface area contributed by atoms with E-state index in [-0.39, 0.29) is 6.61 Å². The highest BCUT2D eigenvalue weighted by molar-refractivity contribution is 7.18. The Morgan fingerprint density at radius 1 is 0.557 bits per heavy atom. The topological polar surface area (TPSA) is 203 Å². The zero-order chi connectivity index (χ0) is 47.7. The Bertz CT molecular complexity index is 3710. The third kappa shape index (κ3) is 8.88. The van der Waals surface area contributed by atoms with Crippen molar-refractivity contribution < 1.29 is 42.0 Å². The molecule has 9 aromatic heterocycles. The number of nitrogens with zero attached hydrogens (tertiary/aromatic N) is 10. The van der Waals surface area contributed by atoms with Gasteiger partial charge in [-0.05, 0) is 46.9 Å². The van der Waals surface area contributed by atoms with Crippen molar-refractivity contribution in [3.05, 3.63) is 114 Å². The van der Waals surface area contributed by atoms with E-state index < -0.39 is 0 Å². The van der Waals surface area contributed by atoms with Crippen molar-refractivity contribution in [3.8, 4) is 83.3 Å². The molecule has 0 saturated heterocycles. The number of thiazole rings is 2. The lowest BCUT2D eigenvalue weighted by Gasteiger charge is -2.08. The fourth-order valence-corrected chi connectivity index (χ4v) is 10.2. The number of fused-ring (bicyclic) bond motifs is 4. The molecule has 0 aliphatic rings. The summed E-state index contributed by atoms with van der Waals surface area (Å²) in [5.41, 5.74) is 5.88. The van der Waals surface area contributed by atoms with Gasteiger partial charge in [-0.25, -0.2) is 29.0 Å². The average molecular weight is 1010 g/mol. The molecule has 0 atom stereocenters. The third-order valence-corrected chi connectivity index (χ3v) is 14.1. The van der Waals surface area contributed by atoms with E-state index in [0.29, 0.717) is 84.0 Å². The molecule has 0 fully saturated rings. The molecule has 0 spiro atoms. The highest BCUT2D eigenvalue weighted by Crippen LogP contribution is 2.40. The predicted molar refractivity (Wildman–Crippen MR) is 264 cm³/mol. The maximum atomic E-state index is 6.20. The van der Waals surface area contributed by atoms with Crippen LogP contribution in [-0.4, -0.2) is 84.7 Å².